The zero-order valence-electron chi connectivity index (χ0n) is 11.4. The maximum absolute atomic E-state index is 6.04. The Morgan fingerprint density at radius 2 is 1.68 bits per heavy atom. The third-order valence-corrected chi connectivity index (χ3v) is 3.93. The molecule has 0 aliphatic carbocycles. The third kappa shape index (κ3) is 3.31. The Morgan fingerprint density at radius 3 is 2.26 bits per heavy atom. The molecular weight excluding hydrogens is 322 g/mol. The monoisotopic (exact) mass is 337 g/mol. The minimum Gasteiger partial charge on any atom is -0.344 e. The highest BCUT2D eigenvalue weighted by atomic mass is 79.9. The first kappa shape index (κ1) is 14.4. The fraction of sp³-hybridized carbons (Fsp3) is 0.250. The minimum absolute atomic E-state index is 0.512. The summed E-state index contributed by atoms with van der Waals surface area (Å²) in [6.07, 6.45) is 0. The predicted molar refractivity (Wildman–Crippen MR) is 87.7 cm³/mol. The molecule has 0 saturated heterocycles. The molecule has 0 saturated carbocycles. The van der Waals surface area contributed by atoms with Gasteiger partial charge in [0.2, 0.25) is 0 Å². The van der Waals surface area contributed by atoms with Crippen LogP contribution in [0, 0.1) is 13.8 Å². The summed E-state index contributed by atoms with van der Waals surface area (Å²) in [6, 6.07) is 12.7. The van der Waals surface area contributed by atoms with Crippen LogP contribution in [0.15, 0.2) is 40.9 Å². The molecule has 0 aliphatic rings. The molecule has 0 aliphatic heterocycles. The number of rotatable bonds is 3. The summed E-state index contributed by atoms with van der Waals surface area (Å²) >= 11 is 9.56. The van der Waals surface area contributed by atoms with Crippen LogP contribution in [0.5, 0.6) is 0 Å². The molecule has 0 atom stereocenters. The second-order valence-electron chi connectivity index (χ2n) is 4.81. The first-order valence-electron chi connectivity index (χ1n) is 6.17. The Balaban J connectivity index is 2.48. The van der Waals surface area contributed by atoms with E-state index in [2.05, 4.69) is 72.1 Å². The smallest absolute Gasteiger partial charge is 0.0494 e. The van der Waals surface area contributed by atoms with Gasteiger partial charge in [-0.05, 0) is 54.8 Å². The highest BCUT2D eigenvalue weighted by Gasteiger charge is 2.10. The van der Waals surface area contributed by atoms with Gasteiger partial charge in [0.15, 0.2) is 0 Å². The van der Waals surface area contributed by atoms with E-state index in [-0.39, 0.29) is 0 Å². The van der Waals surface area contributed by atoms with Gasteiger partial charge in [-0.3, -0.25) is 0 Å². The minimum atomic E-state index is 0.512. The van der Waals surface area contributed by atoms with Gasteiger partial charge >= 0.3 is 0 Å². The molecule has 0 amide bonds. The fourth-order valence-corrected chi connectivity index (χ4v) is 2.82. The van der Waals surface area contributed by atoms with Crippen molar-refractivity contribution in [3.63, 3.8) is 0 Å². The van der Waals surface area contributed by atoms with E-state index in [9.17, 15) is 0 Å². The van der Waals surface area contributed by atoms with Crippen molar-refractivity contribution in [3.05, 3.63) is 57.6 Å². The molecule has 0 aromatic heterocycles. The number of benzene rings is 2. The van der Waals surface area contributed by atoms with Crippen molar-refractivity contribution < 1.29 is 0 Å². The average Bonchev–Trinajstić information content (AvgIpc) is 2.36. The first-order valence-corrected chi connectivity index (χ1v) is 7.50. The summed E-state index contributed by atoms with van der Waals surface area (Å²) in [5, 5.41) is 0. The van der Waals surface area contributed by atoms with Crippen LogP contribution in [0.3, 0.4) is 0 Å². The SMILES string of the molecule is Cc1cc(C)cc(N(C)c2cc(Br)ccc2CCl)c1. The van der Waals surface area contributed by atoms with Gasteiger partial charge in [0.25, 0.3) is 0 Å². The van der Waals surface area contributed by atoms with Crippen LogP contribution in [-0.2, 0) is 5.88 Å². The van der Waals surface area contributed by atoms with Crippen molar-refractivity contribution >= 4 is 38.9 Å². The molecule has 0 fully saturated rings. The zero-order chi connectivity index (χ0) is 14.0. The molecule has 2 aromatic carbocycles. The number of alkyl halides is 1. The summed E-state index contributed by atoms with van der Waals surface area (Å²) in [4.78, 5) is 2.18. The standard InChI is InChI=1S/C16H17BrClN/c1-11-6-12(2)8-15(7-11)19(3)16-9-14(17)5-4-13(16)10-18/h4-9H,10H2,1-3H3. The highest BCUT2D eigenvalue weighted by molar-refractivity contribution is 9.10. The molecule has 0 unspecified atom stereocenters. The van der Waals surface area contributed by atoms with Gasteiger partial charge in [0.05, 0.1) is 0 Å². The molecule has 0 radical (unpaired) electrons. The van der Waals surface area contributed by atoms with E-state index >= 15 is 0 Å². The Labute approximate surface area is 128 Å². The number of nitrogens with zero attached hydrogens (tertiary/aromatic N) is 1. The van der Waals surface area contributed by atoms with Crippen LogP contribution >= 0.6 is 27.5 Å². The van der Waals surface area contributed by atoms with Crippen LogP contribution in [0.4, 0.5) is 11.4 Å². The van der Waals surface area contributed by atoms with Crippen molar-refractivity contribution in [2.24, 2.45) is 0 Å². The fourth-order valence-electron chi connectivity index (χ4n) is 2.25. The number of anilines is 2. The van der Waals surface area contributed by atoms with Crippen LogP contribution in [0.25, 0.3) is 0 Å². The van der Waals surface area contributed by atoms with E-state index in [1.807, 2.05) is 6.07 Å². The molecular formula is C16H17BrClN. The van der Waals surface area contributed by atoms with Crippen LogP contribution < -0.4 is 4.90 Å². The average molecular weight is 339 g/mol. The number of aryl methyl sites for hydroxylation is 2. The van der Waals surface area contributed by atoms with Crippen molar-refractivity contribution in [3.8, 4) is 0 Å². The Bertz CT molecular complexity index is 575. The number of hydrogen-bond donors (Lipinski definition) is 0. The molecule has 19 heavy (non-hydrogen) atoms. The molecule has 0 spiro atoms. The van der Waals surface area contributed by atoms with Crippen LogP contribution in [0.2, 0.25) is 0 Å². The Hall–Kier alpha value is -0.990. The second-order valence-corrected chi connectivity index (χ2v) is 5.99. The normalized spacial score (nSPS) is 10.6. The van der Waals surface area contributed by atoms with Gasteiger partial charge in [-0.2, -0.15) is 0 Å². The third-order valence-electron chi connectivity index (χ3n) is 3.15. The quantitative estimate of drug-likeness (QED) is 0.661. The molecule has 0 bridgehead atoms. The lowest BCUT2D eigenvalue weighted by Gasteiger charge is -2.23. The van der Waals surface area contributed by atoms with E-state index < -0.39 is 0 Å². The number of halogens is 2. The van der Waals surface area contributed by atoms with E-state index in [0.717, 1.165) is 15.7 Å². The van der Waals surface area contributed by atoms with Crippen molar-refractivity contribution in [1.82, 2.24) is 0 Å². The maximum Gasteiger partial charge on any atom is 0.0494 e. The van der Waals surface area contributed by atoms with Crippen molar-refractivity contribution in [1.29, 1.82) is 0 Å². The number of hydrogen-bond acceptors (Lipinski definition) is 1. The summed E-state index contributed by atoms with van der Waals surface area (Å²) < 4.78 is 1.06. The summed E-state index contributed by atoms with van der Waals surface area (Å²) in [5.41, 5.74) is 5.98. The Kier molecular flexibility index (Phi) is 4.54. The van der Waals surface area contributed by atoms with Gasteiger partial charge in [-0.25, -0.2) is 0 Å². The predicted octanol–water partition coefficient (Wildman–Crippen LogP) is 5.57. The molecule has 1 nitrogen and oxygen atoms in total. The maximum atomic E-state index is 6.04. The summed E-state index contributed by atoms with van der Waals surface area (Å²) in [7, 11) is 2.08. The molecule has 0 N–H and O–H groups in total. The highest BCUT2D eigenvalue weighted by Crippen LogP contribution is 2.31. The molecule has 2 rings (SSSR count). The molecule has 100 valence electrons. The summed E-state index contributed by atoms with van der Waals surface area (Å²) in [5.74, 6) is 0.512. The van der Waals surface area contributed by atoms with Crippen molar-refractivity contribution in [2.75, 3.05) is 11.9 Å². The topological polar surface area (TPSA) is 3.24 Å². The van der Waals surface area contributed by atoms with E-state index in [1.165, 1.54) is 16.8 Å². The van der Waals surface area contributed by atoms with Crippen LogP contribution in [-0.4, -0.2) is 7.05 Å². The van der Waals surface area contributed by atoms with Gasteiger partial charge in [0.1, 0.15) is 0 Å². The van der Waals surface area contributed by atoms with Gasteiger partial charge in [-0.1, -0.05) is 28.1 Å². The lowest BCUT2D eigenvalue weighted by molar-refractivity contribution is 1.16. The largest absolute Gasteiger partial charge is 0.344 e. The zero-order valence-corrected chi connectivity index (χ0v) is 13.7. The van der Waals surface area contributed by atoms with E-state index in [0.29, 0.717) is 5.88 Å². The van der Waals surface area contributed by atoms with E-state index in [4.69, 9.17) is 11.6 Å². The van der Waals surface area contributed by atoms with Crippen LogP contribution in [0.1, 0.15) is 16.7 Å². The second kappa shape index (κ2) is 5.98. The lowest BCUT2D eigenvalue weighted by Crippen LogP contribution is -2.12. The van der Waals surface area contributed by atoms with Gasteiger partial charge in [-0.15, -0.1) is 11.6 Å². The summed E-state index contributed by atoms with van der Waals surface area (Å²) in [6.45, 7) is 4.24. The van der Waals surface area contributed by atoms with E-state index in [1.54, 1.807) is 0 Å². The lowest BCUT2D eigenvalue weighted by atomic mass is 10.1. The first-order chi connectivity index (χ1) is 9.01. The van der Waals surface area contributed by atoms with Gasteiger partial charge in [0, 0.05) is 28.8 Å². The molecule has 3 heteroatoms. The molecule has 2 aromatic rings. The van der Waals surface area contributed by atoms with Crippen molar-refractivity contribution in [2.45, 2.75) is 19.7 Å². The van der Waals surface area contributed by atoms with Gasteiger partial charge < -0.3 is 4.90 Å². The molecule has 0 heterocycles. The Morgan fingerprint density at radius 1 is 1.05 bits per heavy atom.